The van der Waals surface area contributed by atoms with Crippen LogP contribution in [-0.2, 0) is 4.79 Å². The molecule has 0 N–H and O–H groups in total. The van der Waals surface area contributed by atoms with Gasteiger partial charge < -0.3 is 14.2 Å². The molecule has 5 heteroatoms. The first kappa shape index (κ1) is 13.6. The maximum atomic E-state index is 12.5. The van der Waals surface area contributed by atoms with Gasteiger partial charge in [0.25, 0.3) is 6.01 Å². The third kappa shape index (κ3) is 2.45. The number of carbonyl (C=O) groups is 1. The molecule has 1 aromatic carbocycles. The molecule has 0 aliphatic carbocycles. The van der Waals surface area contributed by atoms with Crippen LogP contribution in [0.15, 0.2) is 28.7 Å². The quantitative estimate of drug-likeness (QED) is 0.855. The third-order valence-electron chi connectivity index (χ3n) is 4.82. The number of para-hydroxylation sites is 2. The molecule has 2 fully saturated rings. The van der Waals surface area contributed by atoms with Crippen LogP contribution in [0.25, 0.3) is 11.1 Å². The second kappa shape index (κ2) is 5.63. The zero-order valence-corrected chi connectivity index (χ0v) is 12.7. The topological polar surface area (TPSA) is 49.6 Å². The Labute approximate surface area is 129 Å². The number of oxazole rings is 1. The van der Waals surface area contributed by atoms with Gasteiger partial charge in [-0.15, -0.1) is 0 Å². The van der Waals surface area contributed by atoms with E-state index in [-0.39, 0.29) is 5.92 Å². The third-order valence-corrected chi connectivity index (χ3v) is 4.82. The van der Waals surface area contributed by atoms with Crippen LogP contribution in [0.5, 0.6) is 0 Å². The first-order chi connectivity index (χ1) is 10.8. The highest BCUT2D eigenvalue weighted by atomic mass is 16.4. The minimum Gasteiger partial charge on any atom is -0.423 e. The molecule has 3 heterocycles. The number of fused-ring (bicyclic) bond motifs is 1. The Balaban J connectivity index is 1.41. The smallest absolute Gasteiger partial charge is 0.298 e. The highest BCUT2D eigenvalue weighted by Gasteiger charge is 2.31. The average Bonchev–Trinajstić information content (AvgIpc) is 3.23. The first-order valence-corrected chi connectivity index (χ1v) is 8.20. The predicted molar refractivity (Wildman–Crippen MR) is 84.8 cm³/mol. The van der Waals surface area contributed by atoms with Gasteiger partial charge in [0.1, 0.15) is 5.52 Å². The highest BCUT2D eigenvalue weighted by Crippen LogP contribution is 2.27. The van der Waals surface area contributed by atoms with Crippen molar-refractivity contribution in [2.24, 2.45) is 5.92 Å². The summed E-state index contributed by atoms with van der Waals surface area (Å²) in [6.45, 7) is 3.59. The molecule has 1 amide bonds. The standard InChI is InChI=1S/C17H21N3O2/c21-16(19-9-3-4-10-19)13-7-11-20(12-8-13)17-18-14-5-1-2-6-15(14)22-17/h1-2,5-6,13H,3-4,7-12H2. The molecule has 0 atom stereocenters. The summed E-state index contributed by atoms with van der Waals surface area (Å²) in [5.41, 5.74) is 1.72. The molecule has 0 radical (unpaired) electrons. The van der Waals surface area contributed by atoms with E-state index < -0.39 is 0 Å². The second-order valence-electron chi connectivity index (χ2n) is 6.26. The van der Waals surface area contributed by atoms with E-state index in [0.29, 0.717) is 11.9 Å². The summed E-state index contributed by atoms with van der Waals surface area (Å²) in [6.07, 6.45) is 4.11. The van der Waals surface area contributed by atoms with Crippen molar-refractivity contribution in [2.45, 2.75) is 25.7 Å². The fraction of sp³-hybridized carbons (Fsp3) is 0.529. The first-order valence-electron chi connectivity index (χ1n) is 8.20. The van der Waals surface area contributed by atoms with E-state index in [1.165, 1.54) is 0 Å². The van der Waals surface area contributed by atoms with Gasteiger partial charge in [-0.25, -0.2) is 0 Å². The Morgan fingerprint density at radius 2 is 1.82 bits per heavy atom. The van der Waals surface area contributed by atoms with Gasteiger partial charge in [0.05, 0.1) is 0 Å². The van der Waals surface area contributed by atoms with Crippen LogP contribution in [-0.4, -0.2) is 42.0 Å². The average molecular weight is 299 g/mol. The van der Waals surface area contributed by atoms with Crippen LogP contribution in [0, 0.1) is 5.92 Å². The van der Waals surface area contributed by atoms with Gasteiger partial charge in [0.15, 0.2) is 5.58 Å². The fourth-order valence-electron chi connectivity index (χ4n) is 3.51. The lowest BCUT2D eigenvalue weighted by Gasteiger charge is -2.32. The summed E-state index contributed by atoms with van der Waals surface area (Å²) in [7, 11) is 0. The molecule has 0 spiro atoms. The predicted octanol–water partition coefficient (Wildman–Crippen LogP) is 2.67. The van der Waals surface area contributed by atoms with E-state index in [1.54, 1.807) is 0 Å². The SMILES string of the molecule is O=C(C1CCN(c2nc3ccccc3o2)CC1)N1CCCC1. The Morgan fingerprint density at radius 3 is 2.55 bits per heavy atom. The van der Waals surface area contributed by atoms with E-state index in [2.05, 4.69) is 9.88 Å². The van der Waals surface area contributed by atoms with E-state index in [4.69, 9.17) is 4.42 Å². The summed E-state index contributed by atoms with van der Waals surface area (Å²) in [4.78, 5) is 21.2. The van der Waals surface area contributed by atoms with Gasteiger partial charge in [-0.2, -0.15) is 4.98 Å². The lowest BCUT2D eigenvalue weighted by molar-refractivity contribution is -0.135. The molecule has 0 saturated carbocycles. The molecule has 2 aliphatic rings. The van der Waals surface area contributed by atoms with Crippen LogP contribution < -0.4 is 4.90 Å². The van der Waals surface area contributed by atoms with Gasteiger partial charge in [-0.1, -0.05) is 12.1 Å². The Bertz CT molecular complexity index is 634. The zero-order chi connectivity index (χ0) is 14.9. The number of rotatable bonds is 2. The van der Waals surface area contributed by atoms with Crippen LogP contribution in [0.4, 0.5) is 6.01 Å². The lowest BCUT2D eigenvalue weighted by Crippen LogP contribution is -2.41. The Morgan fingerprint density at radius 1 is 1.09 bits per heavy atom. The van der Waals surface area contributed by atoms with Crippen molar-refractivity contribution in [3.05, 3.63) is 24.3 Å². The molecular weight excluding hydrogens is 278 g/mol. The molecule has 2 aliphatic heterocycles. The molecule has 2 aromatic rings. The van der Waals surface area contributed by atoms with Gasteiger partial charge in [-0.05, 0) is 37.8 Å². The summed E-state index contributed by atoms with van der Waals surface area (Å²) in [5, 5.41) is 0. The highest BCUT2D eigenvalue weighted by molar-refractivity contribution is 5.79. The Kier molecular flexibility index (Phi) is 3.48. The molecule has 4 rings (SSSR count). The van der Waals surface area contributed by atoms with Crippen LogP contribution >= 0.6 is 0 Å². The number of amides is 1. The molecule has 5 nitrogen and oxygen atoms in total. The maximum Gasteiger partial charge on any atom is 0.298 e. The molecule has 22 heavy (non-hydrogen) atoms. The minimum atomic E-state index is 0.179. The van der Waals surface area contributed by atoms with Gasteiger partial charge >= 0.3 is 0 Å². The van der Waals surface area contributed by atoms with Crippen LogP contribution in [0.1, 0.15) is 25.7 Å². The summed E-state index contributed by atoms with van der Waals surface area (Å²) < 4.78 is 5.82. The second-order valence-corrected chi connectivity index (χ2v) is 6.26. The summed E-state index contributed by atoms with van der Waals surface area (Å²) in [5.74, 6) is 0.536. The number of benzene rings is 1. The molecular formula is C17H21N3O2. The van der Waals surface area contributed by atoms with Gasteiger partial charge in [-0.3, -0.25) is 4.79 Å². The fourth-order valence-corrected chi connectivity index (χ4v) is 3.51. The van der Waals surface area contributed by atoms with Crippen molar-refractivity contribution in [1.82, 2.24) is 9.88 Å². The van der Waals surface area contributed by atoms with Crippen molar-refractivity contribution in [2.75, 3.05) is 31.1 Å². The number of piperidine rings is 1. The van der Waals surface area contributed by atoms with Crippen LogP contribution in [0.2, 0.25) is 0 Å². The van der Waals surface area contributed by atoms with Gasteiger partial charge in [0, 0.05) is 32.1 Å². The molecule has 0 bridgehead atoms. The van der Waals surface area contributed by atoms with Crippen molar-refractivity contribution in [3.8, 4) is 0 Å². The number of carbonyl (C=O) groups excluding carboxylic acids is 1. The largest absolute Gasteiger partial charge is 0.423 e. The maximum absolute atomic E-state index is 12.5. The number of nitrogens with zero attached hydrogens (tertiary/aromatic N) is 3. The van der Waals surface area contributed by atoms with E-state index in [0.717, 1.165) is 63.0 Å². The normalized spacial score (nSPS) is 20.0. The summed E-state index contributed by atoms with van der Waals surface area (Å²) >= 11 is 0. The monoisotopic (exact) mass is 299 g/mol. The van der Waals surface area contributed by atoms with Crippen molar-refractivity contribution >= 4 is 23.0 Å². The minimum absolute atomic E-state index is 0.179. The van der Waals surface area contributed by atoms with E-state index in [9.17, 15) is 4.79 Å². The number of likely N-dealkylation sites (tertiary alicyclic amines) is 1. The van der Waals surface area contributed by atoms with Crippen LogP contribution in [0.3, 0.4) is 0 Å². The lowest BCUT2D eigenvalue weighted by atomic mass is 9.95. The number of anilines is 1. The molecule has 2 saturated heterocycles. The number of hydrogen-bond donors (Lipinski definition) is 0. The zero-order valence-electron chi connectivity index (χ0n) is 12.7. The number of aromatic nitrogens is 1. The van der Waals surface area contributed by atoms with E-state index >= 15 is 0 Å². The van der Waals surface area contributed by atoms with Crippen molar-refractivity contribution < 1.29 is 9.21 Å². The summed E-state index contributed by atoms with van der Waals surface area (Å²) in [6, 6.07) is 8.52. The molecule has 1 aromatic heterocycles. The van der Waals surface area contributed by atoms with Gasteiger partial charge in [0.2, 0.25) is 5.91 Å². The molecule has 0 unspecified atom stereocenters. The van der Waals surface area contributed by atoms with E-state index in [1.807, 2.05) is 29.2 Å². The van der Waals surface area contributed by atoms with Crippen molar-refractivity contribution in [1.29, 1.82) is 0 Å². The Hall–Kier alpha value is -2.04. The molecule has 116 valence electrons. The van der Waals surface area contributed by atoms with Crippen molar-refractivity contribution in [3.63, 3.8) is 0 Å². The number of hydrogen-bond acceptors (Lipinski definition) is 4.